The van der Waals surface area contributed by atoms with Gasteiger partial charge in [0, 0.05) is 17.0 Å². The summed E-state index contributed by atoms with van der Waals surface area (Å²) in [6.07, 6.45) is 0. The van der Waals surface area contributed by atoms with E-state index in [9.17, 15) is 18.5 Å². The molecule has 0 N–H and O–H groups in total. The van der Waals surface area contributed by atoms with Gasteiger partial charge in [-0.25, -0.2) is 8.42 Å². The zero-order valence-electron chi connectivity index (χ0n) is 8.76. The number of alkyl halides is 1. The molecule has 0 spiro atoms. The molecule has 1 unspecified atom stereocenters. The first-order valence-corrected chi connectivity index (χ1v) is 7.00. The summed E-state index contributed by atoms with van der Waals surface area (Å²) < 4.78 is 23.9. The lowest BCUT2D eigenvalue weighted by Gasteiger charge is -2.10. The highest BCUT2D eigenvalue weighted by molar-refractivity contribution is 7.92. The van der Waals surface area contributed by atoms with Gasteiger partial charge in [-0.15, -0.1) is 11.6 Å². The number of nitro groups is 1. The molecule has 94 valence electrons. The minimum atomic E-state index is -3.81. The van der Waals surface area contributed by atoms with Crippen LogP contribution in [0.1, 0.15) is 6.92 Å². The molecule has 1 aromatic rings. The molecule has 0 aliphatic carbocycles. The molecule has 1 atom stereocenters. The molecule has 0 bridgehead atoms. The molecule has 5 nitrogen and oxygen atoms in total. The van der Waals surface area contributed by atoms with E-state index >= 15 is 0 Å². The Morgan fingerprint density at radius 1 is 1.47 bits per heavy atom. The highest BCUT2D eigenvalue weighted by Crippen LogP contribution is 2.29. The molecule has 0 saturated heterocycles. The molecule has 0 aliphatic heterocycles. The third kappa shape index (κ3) is 2.88. The lowest BCUT2D eigenvalue weighted by atomic mass is 10.3. The van der Waals surface area contributed by atoms with Crippen molar-refractivity contribution in [2.75, 3.05) is 5.88 Å². The summed E-state index contributed by atoms with van der Waals surface area (Å²) >= 11 is 11.1. The number of sulfone groups is 1. The van der Waals surface area contributed by atoms with Gasteiger partial charge in [-0.2, -0.15) is 0 Å². The Morgan fingerprint density at radius 3 is 2.53 bits per heavy atom. The summed E-state index contributed by atoms with van der Waals surface area (Å²) in [5, 5.41) is 9.99. The molecule has 0 saturated carbocycles. The van der Waals surface area contributed by atoms with Crippen LogP contribution in [0.4, 0.5) is 5.69 Å². The Morgan fingerprint density at radius 2 is 2.06 bits per heavy atom. The fraction of sp³-hybridized carbons (Fsp3) is 0.333. The van der Waals surface area contributed by atoms with Crippen LogP contribution >= 0.6 is 23.2 Å². The normalized spacial score (nSPS) is 13.4. The van der Waals surface area contributed by atoms with Crippen molar-refractivity contribution in [1.82, 2.24) is 0 Å². The average molecular weight is 298 g/mol. The number of nitrogens with zero attached hydrogens (tertiary/aromatic N) is 1. The highest BCUT2D eigenvalue weighted by atomic mass is 35.5. The van der Waals surface area contributed by atoms with Gasteiger partial charge in [-0.05, 0) is 19.1 Å². The van der Waals surface area contributed by atoms with E-state index in [0.29, 0.717) is 0 Å². The summed E-state index contributed by atoms with van der Waals surface area (Å²) in [5.41, 5.74) is -0.533. The Kier molecular flexibility index (Phi) is 4.35. The quantitative estimate of drug-likeness (QED) is 0.486. The average Bonchev–Trinajstić information content (AvgIpc) is 2.27. The predicted octanol–water partition coefficient (Wildman–Crippen LogP) is 2.65. The smallest absolute Gasteiger partial charge is 0.258 e. The lowest BCUT2D eigenvalue weighted by molar-refractivity contribution is -0.387. The first-order valence-electron chi connectivity index (χ1n) is 4.54. The van der Waals surface area contributed by atoms with Crippen LogP contribution in [-0.2, 0) is 9.84 Å². The van der Waals surface area contributed by atoms with Gasteiger partial charge in [0.15, 0.2) is 9.84 Å². The first kappa shape index (κ1) is 14.2. The zero-order chi connectivity index (χ0) is 13.2. The maximum Gasteiger partial charge on any atom is 0.289 e. The second kappa shape index (κ2) is 5.20. The maximum absolute atomic E-state index is 12.0. The van der Waals surface area contributed by atoms with Crippen LogP contribution < -0.4 is 0 Å². The second-order valence-corrected chi connectivity index (χ2v) is 6.46. The van der Waals surface area contributed by atoms with E-state index in [4.69, 9.17) is 23.2 Å². The SMILES string of the molecule is CC(CCl)S(=O)(=O)c1ccc(Cl)cc1[N+](=O)[O-]. The Bertz CT molecular complexity index is 544. The van der Waals surface area contributed by atoms with Crippen molar-refractivity contribution < 1.29 is 13.3 Å². The molecule has 17 heavy (non-hydrogen) atoms. The lowest BCUT2D eigenvalue weighted by Crippen LogP contribution is -2.20. The molecular formula is C9H9Cl2NO4S. The van der Waals surface area contributed by atoms with Crippen molar-refractivity contribution in [2.45, 2.75) is 17.1 Å². The standard InChI is InChI=1S/C9H9Cl2NO4S/c1-6(5-10)17(15,16)9-3-2-7(11)4-8(9)12(13)14/h2-4,6H,5H2,1H3. The van der Waals surface area contributed by atoms with Gasteiger partial charge in [0.2, 0.25) is 0 Å². The molecule has 1 aromatic carbocycles. The number of benzene rings is 1. The zero-order valence-corrected chi connectivity index (χ0v) is 11.1. The molecular weight excluding hydrogens is 289 g/mol. The summed E-state index contributed by atoms with van der Waals surface area (Å²) in [4.78, 5) is 9.64. The maximum atomic E-state index is 12.0. The Hall–Kier alpha value is -0.850. The van der Waals surface area contributed by atoms with E-state index in [1.54, 1.807) is 0 Å². The van der Waals surface area contributed by atoms with Gasteiger partial charge in [0.1, 0.15) is 4.90 Å². The highest BCUT2D eigenvalue weighted by Gasteiger charge is 2.30. The minimum Gasteiger partial charge on any atom is -0.258 e. The Labute approximate surface area is 108 Å². The third-order valence-electron chi connectivity index (χ3n) is 2.17. The third-order valence-corrected chi connectivity index (χ3v) is 5.24. The molecule has 0 aliphatic rings. The van der Waals surface area contributed by atoms with Gasteiger partial charge in [0.25, 0.3) is 5.69 Å². The van der Waals surface area contributed by atoms with E-state index in [-0.39, 0.29) is 15.8 Å². The Balaban J connectivity index is 3.47. The van der Waals surface area contributed by atoms with Crippen molar-refractivity contribution in [3.05, 3.63) is 33.3 Å². The van der Waals surface area contributed by atoms with Gasteiger partial charge in [0.05, 0.1) is 10.2 Å². The molecule has 1 rings (SSSR count). The first-order chi connectivity index (χ1) is 7.80. The van der Waals surface area contributed by atoms with Crippen LogP contribution in [0.25, 0.3) is 0 Å². The van der Waals surface area contributed by atoms with Crippen molar-refractivity contribution >= 4 is 38.7 Å². The summed E-state index contributed by atoms with van der Waals surface area (Å²) in [7, 11) is -3.81. The van der Waals surface area contributed by atoms with Crippen LogP contribution in [0, 0.1) is 10.1 Å². The van der Waals surface area contributed by atoms with Crippen molar-refractivity contribution in [2.24, 2.45) is 0 Å². The van der Waals surface area contributed by atoms with Crippen molar-refractivity contribution in [3.63, 3.8) is 0 Å². The van der Waals surface area contributed by atoms with Gasteiger partial charge < -0.3 is 0 Å². The predicted molar refractivity (Wildman–Crippen MR) is 65.5 cm³/mol. The molecule has 0 amide bonds. The minimum absolute atomic E-state index is 0.106. The topological polar surface area (TPSA) is 77.3 Å². The molecule has 0 aromatic heterocycles. The summed E-state index contributed by atoms with van der Waals surface area (Å²) in [5.74, 6) is -0.137. The molecule has 0 fully saturated rings. The van der Waals surface area contributed by atoms with Crippen LogP contribution in [0.3, 0.4) is 0 Å². The number of hydrogen-bond donors (Lipinski definition) is 0. The van der Waals surface area contributed by atoms with E-state index in [0.717, 1.165) is 12.1 Å². The number of halogens is 2. The van der Waals surface area contributed by atoms with E-state index in [1.807, 2.05) is 0 Å². The van der Waals surface area contributed by atoms with Crippen molar-refractivity contribution in [3.8, 4) is 0 Å². The molecule has 8 heteroatoms. The molecule has 0 radical (unpaired) electrons. The summed E-state index contributed by atoms with van der Waals surface area (Å²) in [6, 6.07) is 3.43. The van der Waals surface area contributed by atoms with Crippen molar-refractivity contribution in [1.29, 1.82) is 0 Å². The summed E-state index contributed by atoms with van der Waals surface area (Å²) in [6.45, 7) is 1.39. The van der Waals surface area contributed by atoms with Gasteiger partial charge in [-0.1, -0.05) is 11.6 Å². The second-order valence-electron chi connectivity index (χ2n) is 3.38. The fourth-order valence-corrected chi connectivity index (χ4v) is 3.12. The van der Waals surface area contributed by atoms with Gasteiger partial charge >= 0.3 is 0 Å². The van der Waals surface area contributed by atoms with E-state index in [1.165, 1.54) is 13.0 Å². The number of hydrogen-bond acceptors (Lipinski definition) is 4. The largest absolute Gasteiger partial charge is 0.289 e. The van der Waals surface area contributed by atoms with Crippen LogP contribution in [0.5, 0.6) is 0 Å². The van der Waals surface area contributed by atoms with E-state index < -0.39 is 25.7 Å². The van der Waals surface area contributed by atoms with E-state index in [2.05, 4.69) is 0 Å². The van der Waals surface area contributed by atoms with Gasteiger partial charge in [-0.3, -0.25) is 10.1 Å². The number of nitro benzene ring substituents is 1. The number of rotatable bonds is 4. The monoisotopic (exact) mass is 297 g/mol. The molecule has 0 heterocycles. The van der Waals surface area contributed by atoms with Crippen LogP contribution in [0.15, 0.2) is 23.1 Å². The van der Waals surface area contributed by atoms with Crippen LogP contribution in [0.2, 0.25) is 5.02 Å². The van der Waals surface area contributed by atoms with Crippen LogP contribution in [-0.4, -0.2) is 24.5 Å². The fourth-order valence-electron chi connectivity index (χ4n) is 1.17.